The van der Waals surface area contributed by atoms with Gasteiger partial charge in [0.05, 0.1) is 40.0 Å². The summed E-state index contributed by atoms with van der Waals surface area (Å²) in [6.07, 6.45) is 1.72. The maximum Gasteiger partial charge on any atom is 0.404 e. The molecular formula is C27H37N3O7. The summed E-state index contributed by atoms with van der Waals surface area (Å²) in [5.74, 6) is 1.77. The van der Waals surface area contributed by atoms with Crippen LogP contribution in [0.25, 0.3) is 0 Å². The second kappa shape index (κ2) is 13.6. The van der Waals surface area contributed by atoms with Crippen molar-refractivity contribution in [1.29, 1.82) is 0 Å². The van der Waals surface area contributed by atoms with Gasteiger partial charge < -0.3 is 34.6 Å². The van der Waals surface area contributed by atoms with E-state index in [9.17, 15) is 14.7 Å². The van der Waals surface area contributed by atoms with Crippen LogP contribution in [0, 0.1) is 0 Å². The molecule has 202 valence electrons. The van der Waals surface area contributed by atoms with Crippen molar-refractivity contribution in [2.24, 2.45) is 0 Å². The predicted molar refractivity (Wildman–Crippen MR) is 140 cm³/mol. The third kappa shape index (κ3) is 7.42. The van der Waals surface area contributed by atoms with Crippen LogP contribution in [0.4, 0.5) is 15.3 Å². The van der Waals surface area contributed by atoms with E-state index >= 15 is 0 Å². The summed E-state index contributed by atoms with van der Waals surface area (Å²) >= 11 is 0. The van der Waals surface area contributed by atoms with Crippen LogP contribution >= 0.6 is 0 Å². The Morgan fingerprint density at radius 1 is 1.05 bits per heavy atom. The standard InChI is InChI=1S/C27H37N3O7/c1-4-5-6-14-37-25-16-21(10-11-23(25)35-2)30-13-7-12-29(27(30)34)18-20-9-8-19(15-24(20)36-3)22(31)17-28-26(32)33/h8-11,15-16,22,28,31H,4-7,12-14,17-18H2,1-3H3,(H,32,33). The van der Waals surface area contributed by atoms with Gasteiger partial charge in [-0.1, -0.05) is 31.9 Å². The lowest BCUT2D eigenvalue weighted by Crippen LogP contribution is -2.49. The molecule has 2 aromatic rings. The first-order valence-electron chi connectivity index (χ1n) is 12.6. The highest BCUT2D eigenvalue weighted by Crippen LogP contribution is 2.34. The van der Waals surface area contributed by atoms with Gasteiger partial charge in [0.15, 0.2) is 11.5 Å². The molecule has 1 heterocycles. The van der Waals surface area contributed by atoms with Crippen molar-refractivity contribution >= 4 is 17.8 Å². The Hall–Kier alpha value is -3.66. The highest BCUT2D eigenvalue weighted by molar-refractivity contribution is 5.93. The van der Waals surface area contributed by atoms with Gasteiger partial charge in [-0.3, -0.25) is 4.90 Å². The maximum atomic E-state index is 13.5. The monoisotopic (exact) mass is 515 g/mol. The summed E-state index contributed by atoms with van der Waals surface area (Å²) in [6.45, 7) is 4.12. The normalized spacial score (nSPS) is 14.3. The summed E-state index contributed by atoms with van der Waals surface area (Å²) in [5.41, 5.74) is 2.05. The summed E-state index contributed by atoms with van der Waals surface area (Å²) < 4.78 is 16.9. The van der Waals surface area contributed by atoms with Gasteiger partial charge in [-0.05, 0) is 36.6 Å². The zero-order valence-electron chi connectivity index (χ0n) is 21.7. The molecule has 0 aromatic heterocycles. The van der Waals surface area contributed by atoms with Crippen LogP contribution < -0.4 is 24.4 Å². The number of aliphatic hydroxyl groups is 1. The Bertz CT molecular complexity index is 1060. The lowest BCUT2D eigenvalue weighted by atomic mass is 10.0. The first-order valence-corrected chi connectivity index (χ1v) is 12.6. The van der Waals surface area contributed by atoms with Crippen molar-refractivity contribution in [2.45, 2.75) is 45.3 Å². The molecule has 3 N–H and O–H groups in total. The van der Waals surface area contributed by atoms with Crippen molar-refractivity contribution in [2.75, 3.05) is 45.4 Å². The number of hydrogen-bond acceptors (Lipinski definition) is 6. The molecule has 1 aliphatic rings. The molecule has 3 amide bonds. The van der Waals surface area contributed by atoms with Gasteiger partial charge in [0.2, 0.25) is 0 Å². The number of ether oxygens (including phenoxy) is 3. The van der Waals surface area contributed by atoms with E-state index in [-0.39, 0.29) is 12.6 Å². The fourth-order valence-corrected chi connectivity index (χ4v) is 4.25. The number of urea groups is 1. The van der Waals surface area contributed by atoms with Crippen molar-refractivity contribution in [3.8, 4) is 17.2 Å². The van der Waals surface area contributed by atoms with Gasteiger partial charge in [0.25, 0.3) is 0 Å². The molecule has 37 heavy (non-hydrogen) atoms. The fraction of sp³-hybridized carbons (Fsp3) is 0.481. The van der Waals surface area contributed by atoms with Gasteiger partial charge >= 0.3 is 12.1 Å². The Balaban J connectivity index is 1.73. The molecule has 0 saturated carbocycles. The first-order chi connectivity index (χ1) is 17.9. The minimum atomic E-state index is -1.21. The number of nitrogens with zero attached hydrogens (tertiary/aromatic N) is 2. The van der Waals surface area contributed by atoms with E-state index in [1.807, 2.05) is 18.2 Å². The average molecular weight is 516 g/mol. The van der Waals surface area contributed by atoms with Crippen LogP contribution in [0.3, 0.4) is 0 Å². The number of anilines is 1. The van der Waals surface area contributed by atoms with Crippen LogP contribution in [0.15, 0.2) is 36.4 Å². The predicted octanol–water partition coefficient (Wildman–Crippen LogP) is 4.41. The van der Waals surface area contributed by atoms with Crippen molar-refractivity contribution in [3.05, 3.63) is 47.5 Å². The van der Waals surface area contributed by atoms with E-state index in [0.717, 1.165) is 36.9 Å². The highest BCUT2D eigenvalue weighted by Gasteiger charge is 2.28. The van der Waals surface area contributed by atoms with E-state index in [1.165, 1.54) is 7.11 Å². The lowest BCUT2D eigenvalue weighted by molar-refractivity contribution is 0.158. The molecular weight excluding hydrogens is 478 g/mol. The minimum Gasteiger partial charge on any atom is -0.496 e. The van der Waals surface area contributed by atoms with Gasteiger partial charge in [-0.2, -0.15) is 0 Å². The molecule has 0 radical (unpaired) electrons. The smallest absolute Gasteiger partial charge is 0.404 e. The number of unbranched alkanes of at least 4 members (excludes halogenated alkanes) is 2. The molecule has 1 atom stereocenters. The van der Waals surface area contributed by atoms with Crippen LogP contribution in [-0.2, 0) is 6.54 Å². The Morgan fingerprint density at radius 3 is 2.54 bits per heavy atom. The molecule has 10 nitrogen and oxygen atoms in total. The number of benzene rings is 2. The van der Waals surface area contributed by atoms with Crippen molar-refractivity contribution in [3.63, 3.8) is 0 Å². The Morgan fingerprint density at radius 2 is 1.84 bits per heavy atom. The number of hydrogen-bond donors (Lipinski definition) is 3. The summed E-state index contributed by atoms with van der Waals surface area (Å²) in [6, 6.07) is 10.6. The second-order valence-corrected chi connectivity index (χ2v) is 8.87. The van der Waals surface area contributed by atoms with Gasteiger partial charge in [0.1, 0.15) is 5.75 Å². The number of aliphatic hydroxyl groups excluding tert-OH is 1. The lowest BCUT2D eigenvalue weighted by Gasteiger charge is -2.36. The van der Waals surface area contributed by atoms with Crippen LogP contribution in [0.1, 0.15) is 49.8 Å². The average Bonchev–Trinajstić information content (AvgIpc) is 2.91. The largest absolute Gasteiger partial charge is 0.496 e. The van der Waals surface area contributed by atoms with E-state index < -0.39 is 12.2 Å². The topological polar surface area (TPSA) is 121 Å². The van der Waals surface area contributed by atoms with E-state index in [2.05, 4.69) is 12.2 Å². The number of rotatable bonds is 13. The number of carboxylic acid groups (broad SMARTS) is 1. The molecule has 0 bridgehead atoms. The summed E-state index contributed by atoms with van der Waals surface area (Å²) in [4.78, 5) is 27.7. The third-order valence-electron chi connectivity index (χ3n) is 6.28. The molecule has 1 saturated heterocycles. The number of nitrogens with one attached hydrogen (secondary N) is 1. The van der Waals surface area contributed by atoms with Crippen LogP contribution in [-0.4, -0.2) is 67.7 Å². The highest BCUT2D eigenvalue weighted by atomic mass is 16.5. The van der Waals surface area contributed by atoms with Crippen LogP contribution in [0.2, 0.25) is 0 Å². The first kappa shape index (κ1) is 27.9. The number of methoxy groups -OCH3 is 2. The number of carbonyl (C=O) groups excluding carboxylic acids is 1. The molecule has 1 aliphatic heterocycles. The quantitative estimate of drug-likeness (QED) is 0.338. The number of amides is 3. The molecule has 3 rings (SSSR count). The Kier molecular flexibility index (Phi) is 10.3. The van der Waals surface area contributed by atoms with E-state index in [1.54, 1.807) is 35.1 Å². The van der Waals surface area contributed by atoms with E-state index in [0.29, 0.717) is 49.1 Å². The van der Waals surface area contributed by atoms with Gasteiger partial charge in [-0.15, -0.1) is 0 Å². The zero-order valence-corrected chi connectivity index (χ0v) is 21.7. The van der Waals surface area contributed by atoms with E-state index in [4.69, 9.17) is 19.3 Å². The molecule has 1 unspecified atom stereocenters. The fourth-order valence-electron chi connectivity index (χ4n) is 4.25. The van der Waals surface area contributed by atoms with Crippen molar-refractivity contribution < 1.29 is 34.0 Å². The molecule has 0 aliphatic carbocycles. The number of carbonyl (C=O) groups is 2. The second-order valence-electron chi connectivity index (χ2n) is 8.87. The molecule has 2 aromatic carbocycles. The van der Waals surface area contributed by atoms with Gasteiger partial charge in [0, 0.05) is 30.4 Å². The van der Waals surface area contributed by atoms with Gasteiger partial charge in [-0.25, -0.2) is 9.59 Å². The minimum absolute atomic E-state index is 0.120. The summed E-state index contributed by atoms with van der Waals surface area (Å²) in [7, 11) is 3.12. The molecule has 10 heteroatoms. The molecule has 0 spiro atoms. The summed E-state index contributed by atoms with van der Waals surface area (Å²) in [5, 5.41) is 21.2. The zero-order chi connectivity index (χ0) is 26.8. The molecule has 1 fully saturated rings. The maximum absolute atomic E-state index is 13.5. The third-order valence-corrected chi connectivity index (χ3v) is 6.28. The van der Waals surface area contributed by atoms with Crippen LogP contribution in [0.5, 0.6) is 17.2 Å². The Labute approximate surface area is 217 Å². The van der Waals surface area contributed by atoms with Crippen molar-refractivity contribution in [1.82, 2.24) is 10.2 Å². The SMILES string of the molecule is CCCCCOc1cc(N2CCCN(Cc3ccc(C(O)CNC(=O)O)cc3OC)C2=O)ccc1OC.